The Morgan fingerprint density at radius 1 is 1.46 bits per heavy atom. The summed E-state index contributed by atoms with van der Waals surface area (Å²) >= 11 is 0. The van der Waals surface area contributed by atoms with Crippen LogP contribution >= 0.6 is 0 Å². The van der Waals surface area contributed by atoms with E-state index in [0.717, 1.165) is 18.9 Å². The van der Waals surface area contributed by atoms with E-state index in [1.54, 1.807) is 0 Å². The number of carbonyl (C=O) groups excluding carboxylic acids is 1. The monoisotopic (exact) mass is 366 g/mol. The van der Waals surface area contributed by atoms with Gasteiger partial charge in [0.2, 0.25) is 5.91 Å². The van der Waals surface area contributed by atoms with Gasteiger partial charge in [0.1, 0.15) is 0 Å². The van der Waals surface area contributed by atoms with E-state index in [1.807, 2.05) is 32.6 Å². The molecule has 26 heavy (non-hydrogen) atoms. The standard InChI is InChI=1S/C21H38N2O3/c1-7-23(12-19(25)22-20(2,3)4)11-17(24)14-26-13-15-8-9-16-10-18(15)21(16,5)6/h8,16-18,24H,7,9-14H2,1-6H3,(H,22,25). The van der Waals surface area contributed by atoms with Crippen LogP contribution in [0.5, 0.6) is 0 Å². The van der Waals surface area contributed by atoms with Crippen molar-refractivity contribution in [1.82, 2.24) is 10.2 Å². The number of aliphatic hydroxyl groups excluding tert-OH is 1. The number of nitrogens with one attached hydrogen (secondary N) is 1. The summed E-state index contributed by atoms with van der Waals surface area (Å²) in [4.78, 5) is 14.0. The number of ether oxygens (including phenoxy) is 1. The molecule has 0 aromatic rings. The van der Waals surface area contributed by atoms with Gasteiger partial charge in [-0.15, -0.1) is 0 Å². The first-order valence-electron chi connectivity index (χ1n) is 10.0. The number of aliphatic hydroxyl groups is 1. The number of hydrogen-bond donors (Lipinski definition) is 2. The molecule has 3 rings (SSSR count). The summed E-state index contributed by atoms with van der Waals surface area (Å²) < 4.78 is 5.81. The highest BCUT2D eigenvalue weighted by Crippen LogP contribution is 2.59. The van der Waals surface area contributed by atoms with E-state index in [9.17, 15) is 9.90 Å². The average Bonchev–Trinajstić information content (AvgIpc) is 2.52. The highest BCUT2D eigenvalue weighted by atomic mass is 16.5. The van der Waals surface area contributed by atoms with E-state index in [1.165, 1.54) is 12.0 Å². The minimum Gasteiger partial charge on any atom is -0.389 e. The number of fused-ring (bicyclic) bond motifs is 1. The Balaban J connectivity index is 1.70. The summed E-state index contributed by atoms with van der Waals surface area (Å²) in [5, 5.41) is 13.2. The van der Waals surface area contributed by atoms with Gasteiger partial charge < -0.3 is 15.2 Å². The van der Waals surface area contributed by atoms with Crippen LogP contribution in [0.1, 0.15) is 54.4 Å². The van der Waals surface area contributed by atoms with Gasteiger partial charge in [-0.05, 0) is 63.0 Å². The van der Waals surface area contributed by atoms with Gasteiger partial charge in [-0.25, -0.2) is 0 Å². The molecule has 5 nitrogen and oxygen atoms in total. The maximum absolute atomic E-state index is 12.1. The van der Waals surface area contributed by atoms with Crippen molar-refractivity contribution in [2.24, 2.45) is 17.3 Å². The molecule has 2 bridgehead atoms. The van der Waals surface area contributed by atoms with Crippen molar-refractivity contribution < 1.29 is 14.6 Å². The fourth-order valence-electron chi connectivity index (χ4n) is 4.27. The molecule has 3 atom stereocenters. The number of nitrogens with zero attached hydrogens (tertiary/aromatic N) is 1. The molecule has 3 aliphatic carbocycles. The van der Waals surface area contributed by atoms with Crippen molar-refractivity contribution in [2.75, 3.05) is 32.8 Å². The van der Waals surface area contributed by atoms with E-state index in [0.29, 0.717) is 37.6 Å². The minimum atomic E-state index is -0.580. The molecule has 0 aliphatic heterocycles. The molecule has 1 amide bonds. The number of carbonyl (C=O) groups is 1. The van der Waals surface area contributed by atoms with Crippen molar-refractivity contribution in [3.63, 3.8) is 0 Å². The first-order valence-corrected chi connectivity index (χ1v) is 10.0. The molecule has 150 valence electrons. The lowest BCUT2D eigenvalue weighted by Gasteiger charge is -2.56. The predicted molar refractivity (Wildman–Crippen MR) is 105 cm³/mol. The van der Waals surface area contributed by atoms with E-state index < -0.39 is 6.10 Å². The molecule has 3 unspecified atom stereocenters. The quantitative estimate of drug-likeness (QED) is 0.616. The largest absolute Gasteiger partial charge is 0.389 e. The van der Waals surface area contributed by atoms with Gasteiger partial charge in [0.05, 0.1) is 25.9 Å². The van der Waals surface area contributed by atoms with Gasteiger partial charge in [-0.3, -0.25) is 9.69 Å². The lowest BCUT2D eigenvalue weighted by Crippen LogP contribution is -2.49. The number of allylic oxidation sites excluding steroid dienone is 1. The smallest absolute Gasteiger partial charge is 0.234 e. The van der Waals surface area contributed by atoms with Gasteiger partial charge in [-0.2, -0.15) is 0 Å². The van der Waals surface area contributed by atoms with Crippen LogP contribution in [0, 0.1) is 17.3 Å². The first kappa shape index (κ1) is 21.4. The lowest BCUT2D eigenvalue weighted by atomic mass is 9.49. The average molecular weight is 367 g/mol. The first-order chi connectivity index (χ1) is 12.0. The van der Waals surface area contributed by atoms with Crippen LogP contribution in [0.15, 0.2) is 11.6 Å². The van der Waals surface area contributed by atoms with Crippen molar-refractivity contribution in [3.05, 3.63) is 11.6 Å². The van der Waals surface area contributed by atoms with Crippen molar-refractivity contribution in [2.45, 2.75) is 66.0 Å². The number of likely N-dealkylation sites (N-methyl/N-ethyl adjacent to an activating group) is 1. The Hall–Kier alpha value is -0.910. The fourth-order valence-corrected chi connectivity index (χ4v) is 4.27. The van der Waals surface area contributed by atoms with Gasteiger partial charge in [0, 0.05) is 12.1 Å². The third-order valence-corrected chi connectivity index (χ3v) is 5.96. The van der Waals surface area contributed by atoms with E-state index in [-0.39, 0.29) is 11.4 Å². The Labute approximate surface area is 159 Å². The second-order valence-corrected chi connectivity index (χ2v) is 9.62. The van der Waals surface area contributed by atoms with Crippen LogP contribution in [-0.4, -0.2) is 60.4 Å². The summed E-state index contributed by atoms with van der Waals surface area (Å²) in [7, 11) is 0. The Kier molecular flexibility index (Phi) is 6.92. The van der Waals surface area contributed by atoms with Gasteiger partial charge in [0.15, 0.2) is 0 Å². The molecule has 0 saturated heterocycles. The summed E-state index contributed by atoms with van der Waals surface area (Å²) in [6.45, 7) is 15.0. The van der Waals surface area contributed by atoms with Crippen molar-refractivity contribution in [3.8, 4) is 0 Å². The molecular formula is C21H38N2O3. The molecular weight excluding hydrogens is 328 g/mol. The molecule has 1 fully saturated rings. The van der Waals surface area contributed by atoms with Crippen LogP contribution in [0.3, 0.4) is 0 Å². The molecule has 0 spiro atoms. The molecule has 0 radical (unpaired) electrons. The lowest BCUT2D eigenvalue weighted by molar-refractivity contribution is -0.124. The van der Waals surface area contributed by atoms with E-state index in [2.05, 4.69) is 25.2 Å². The third-order valence-electron chi connectivity index (χ3n) is 5.96. The minimum absolute atomic E-state index is 0.0124. The second kappa shape index (κ2) is 8.41. The molecule has 1 saturated carbocycles. The molecule has 0 aromatic carbocycles. The second-order valence-electron chi connectivity index (χ2n) is 9.62. The fraction of sp³-hybridized carbons (Fsp3) is 0.857. The number of amides is 1. The van der Waals surface area contributed by atoms with Crippen LogP contribution < -0.4 is 5.32 Å². The molecule has 2 N–H and O–H groups in total. The zero-order chi connectivity index (χ0) is 19.5. The topological polar surface area (TPSA) is 61.8 Å². The molecule has 0 heterocycles. The van der Waals surface area contributed by atoms with Crippen LogP contribution in [0.4, 0.5) is 0 Å². The summed E-state index contributed by atoms with van der Waals surface area (Å²) in [5.74, 6) is 1.47. The summed E-state index contributed by atoms with van der Waals surface area (Å²) in [5.41, 5.74) is 1.58. The Morgan fingerprint density at radius 2 is 2.15 bits per heavy atom. The van der Waals surface area contributed by atoms with Crippen LogP contribution in [0.25, 0.3) is 0 Å². The molecule has 5 heteroatoms. The zero-order valence-corrected chi connectivity index (χ0v) is 17.5. The Bertz CT molecular complexity index is 522. The third kappa shape index (κ3) is 5.54. The van der Waals surface area contributed by atoms with Crippen LogP contribution in [0.2, 0.25) is 0 Å². The number of rotatable bonds is 9. The molecule has 0 aromatic heterocycles. The van der Waals surface area contributed by atoms with Gasteiger partial charge in [-0.1, -0.05) is 26.8 Å². The highest BCUT2D eigenvalue weighted by molar-refractivity contribution is 5.78. The van der Waals surface area contributed by atoms with Crippen LogP contribution in [-0.2, 0) is 9.53 Å². The van der Waals surface area contributed by atoms with Crippen molar-refractivity contribution >= 4 is 5.91 Å². The number of hydrogen-bond acceptors (Lipinski definition) is 4. The predicted octanol–water partition coefficient (Wildman–Crippen LogP) is 2.59. The maximum Gasteiger partial charge on any atom is 0.234 e. The summed E-state index contributed by atoms with van der Waals surface area (Å²) in [6.07, 6.45) is 4.21. The molecule has 3 aliphatic rings. The van der Waals surface area contributed by atoms with E-state index in [4.69, 9.17) is 4.74 Å². The maximum atomic E-state index is 12.1. The van der Waals surface area contributed by atoms with Gasteiger partial charge in [0.25, 0.3) is 0 Å². The normalized spacial score (nSPS) is 25.5. The summed E-state index contributed by atoms with van der Waals surface area (Å²) in [6, 6.07) is 0. The zero-order valence-electron chi connectivity index (χ0n) is 17.5. The van der Waals surface area contributed by atoms with Gasteiger partial charge >= 0.3 is 0 Å². The van der Waals surface area contributed by atoms with Crippen molar-refractivity contribution in [1.29, 1.82) is 0 Å². The Morgan fingerprint density at radius 3 is 2.69 bits per heavy atom. The highest BCUT2D eigenvalue weighted by Gasteiger charge is 2.50. The SMILES string of the molecule is CCN(CC(=O)NC(C)(C)C)CC(O)COCC1=CCC2CC1C2(C)C. The van der Waals surface area contributed by atoms with E-state index >= 15 is 0 Å².